The lowest BCUT2D eigenvalue weighted by Crippen LogP contribution is -2.14. The largest absolute Gasteiger partial charge is 0.452 e. The highest BCUT2D eigenvalue weighted by atomic mass is 32.2. The number of amides is 1. The summed E-state index contributed by atoms with van der Waals surface area (Å²) in [5.74, 6) is 0.279. The summed E-state index contributed by atoms with van der Waals surface area (Å²) < 4.78 is 10.5. The number of thioether (sulfide) groups is 1. The van der Waals surface area contributed by atoms with E-state index in [-0.39, 0.29) is 29.6 Å². The molecular formula is C23H25N3O4S. The van der Waals surface area contributed by atoms with E-state index in [1.807, 2.05) is 58.0 Å². The van der Waals surface area contributed by atoms with Gasteiger partial charge < -0.3 is 14.6 Å². The summed E-state index contributed by atoms with van der Waals surface area (Å²) in [7, 11) is 0. The fourth-order valence-corrected chi connectivity index (χ4v) is 3.40. The first-order valence-corrected chi connectivity index (χ1v) is 10.8. The van der Waals surface area contributed by atoms with E-state index in [4.69, 9.17) is 9.26 Å². The zero-order valence-corrected chi connectivity index (χ0v) is 18.8. The van der Waals surface area contributed by atoms with Gasteiger partial charge in [0.1, 0.15) is 0 Å². The molecule has 1 amide bonds. The number of hydrogen-bond acceptors (Lipinski definition) is 7. The molecule has 8 heteroatoms. The molecule has 0 atom stereocenters. The normalized spacial score (nSPS) is 11.2. The molecule has 1 heterocycles. The van der Waals surface area contributed by atoms with Crippen LogP contribution in [0.15, 0.2) is 57.9 Å². The summed E-state index contributed by atoms with van der Waals surface area (Å²) >= 11 is 1.27. The van der Waals surface area contributed by atoms with Crippen LogP contribution in [0, 0.1) is 6.92 Å². The number of carbonyl (C=O) groups is 2. The Bertz CT molecular complexity index is 1060. The van der Waals surface area contributed by atoms with E-state index in [1.54, 1.807) is 18.2 Å². The average Bonchev–Trinajstić information content (AvgIpc) is 3.22. The van der Waals surface area contributed by atoms with E-state index in [0.29, 0.717) is 16.3 Å². The Balaban J connectivity index is 1.57. The van der Waals surface area contributed by atoms with E-state index in [0.717, 1.165) is 11.3 Å². The molecule has 0 fully saturated rings. The molecule has 0 bridgehead atoms. The molecule has 1 aromatic heterocycles. The Hall–Kier alpha value is -3.13. The zero-order chi connectivity index (χ0) is 22.4. The number of nitrogens with zero attached hydrogens (tertiary/aromatic N) is 2. The Morgan fingerprint density at radius 2 is 1.81 bits per heavy atom. The van der Waals surface area contributed by atoms with Gasteiger partial charge in [-0.1, -0.05) is 55.8 Å². The lowest BCUT2D eigenvalue weighted by molar-refractivity contribution is -0.113. The van der Waals surface area contributed by atoms with Crippen molar-refractivity contribution in [3.8, 4) is 0 Å². The van der Waals surface area contributed by atoms with Gasteiger partial charge in [-0.3, -0.25) is 4.79 Å². The lowest BCUT2D eigenvalue weighted by Gasteiger charge is -2.11. The minimum atomic E-state index is -0.516. The Morgan fingerprint density at radius 3 is 2.48 bits per heavy atom. The number of aromatic nitrogens is 2. The number of benzene rings is 2. The number of aryl methyl sites for hydroxylation is 1. The van der Waals surface area contributed by atoms with Crippen molar-refractivity contribution in [2.24, 2.45) is 0 Å². The molecule has 3 aromatic rings. The average molecular weight is 440 g/mol. The molecule has 0 spiro atoms. The van der Waals surface area contributed by atoms with Crippen molar-refractivity contribution >= 4 is 29.3 Å². The van der Waals surface area contributed by atoms with Gasteiger partial charge >= 0.3 is 5.97 Å². The summed E-state index contributed by atoms with van der Waals surface area (Å²) in [6.45, 7) is 7.77. The second kappa shape index (κ2) is 9.78. The molecule has 0 aliphatic carbocycles. The predicted molar refractivity (Wildman–Crippen MR) is 119 cm³/mol. The lowest BCUT2D eigenvalue weighted by atomic mass is 9.96. The maximum atomic E-state index is 12.6. The minimum Gasteiger partial charge on any atom is -0.452 e. The second-order valence-corrected chi connectivity index (χ2v) is 9.05. The van der Waals surface area contributed by atoms with Crippen LogP contribution in [0.3, 0.4) is 0 Å². The molecule has 31 heavy (non-hydrogen) atoms. The van der Waals surface area contributed by atoms with Crippen molar-refractivity contribution in [1.82, 2.24) is 10.1 Å². The van der Waals surface area contributed by atoms with Crippen LogP contribution < -0.4 is 5.32 Å². The third-order valence-electron chi connectivity index (χ3n) is 4.27. The van der Waals surface area contributed by atoms with Gasteiger partial charge in [-0.2, -0.15) is 4.98 Å². The molecular weight excluding hydrogens is 414 g/mol. The molecule has 1 N–H and O–H groups in total. The molecule has 0 aliphatic rings. The highest BCUT2D eigenvalue weighted by Gasteiger charge is 2.22. The van der Waals surface area contributed by atoms with Crippen LogP contribution in [0.25, 0.3) is 0 Å². The summed E-state index contributed by atoms with van der Waals surface area (Å²) in [5, 5.41) is 6.76. The number of nitrogens with one attached hydrogen (secondary N) is 1. The van der Waals surface area contributed by atoms with Crippen molar-refractivity contribution < 1.29 is 18.8 Å². The van der Waals surface area contributed by atoms with Gasteiger partial charge in [0.2, 0.25) is 5.91 Å². The smallest absolute Gasteiger partial charge is 0.339 e. The SMILES string of the molecule is Cc1ccc(NC(=O)CSc2ccccc2C(=O)OCc2nc(C(C)(C)C)no2)cc1. The summed E-state index contributed by atoms with van der Waals surface area (Å²) in [5.41, 5.74) is 1.98. The van der Waals surface area contributed by atoms with E-state index in [1.165, 1.54) is 11.8 Å². The number of ether oxygens (including phenoxy) is 1. The van der Waals surface area contributed by atoms with E-state index in [2.05, 4.69) is 15.5 Å². The molecule has 7 nitrogen and oxygen atoms in total. The second-order valence-electron chi connectivity index (χ2n) is 8.04. The highest BCUT2D eigenvalue weighted by Crippen LogP contribution is 2.24. The van der Waals surface area contributed by atoms with Crippen molar-refractivity contribution in [2.75, 3.05) is 11.1 Å². The van der Waals surface area contributed by atoms with Gasteiger partial charge in [0.05, 0.1) is 11.3 Å². The third-order valence-corrected chi connectivity index (χ3v) is 5.34. The fourth-order valence-electron chi connectivity index (χ4n) is 2.56. The number of hydrogen-bond donors (Lipinski definition) is 1. The Morgan fingerprint density at radius 1 is 1.10 bits per heavy atom. The number of anilines is 1. The molecule has 0 saturated carbocycles. The Labute approximate surface area is 185 Å². The topological polar surface area (TPSA) is 94.3 Å². The minimum absolute atomic E-state index is 0.116. The van der Waals surface area contributed by atoms with Gasteiger partial charge in [-0.15, -0.1) is 11.8 Å². The van der Waals surface area contributed by atoms with Crippen molar-refractivity contribution in [3.63, 3.8) is 0 Å². The van der Waals surface area contributed by atoms with Crippen molar-refractivity contribution in [3.05, 3.63) is 71.4 Å². The standard InChI is InChI=1S/C23H25N3O4S/c1-15-9-11-16(12-10-15)24-19(27)14-31-18-8-6-5-7-17(18)21(28)29-13-20-25-22(26-30-20)23(2,3)4/h5-12H,13-14H2,1-4H3,(H,24,27). The van der Waals surface area contributed by atoms with Gasteiger partial charge in [-0.05, 0) is 31.2 Å². The summed E-state index contributed by atoms with van der Waals surface area (Å²) in [6.07, 6.45) is 0. The van der Waals surface area contributed by atoms with Gasteiger partial charge in [0.25, 0.3) is 5.89 Å². The monoisotopic (exact) mass is 439 g/mol. The number of esters is 1. The molecule has 2 aromatic carbocycles. The van der Waals surface area contributed by atoms with Gasteiger partial charge in [0.15, 0.2) is 12.4 Å². The molecule has 0 unspecified atom stereocenters. The van der Waals surface area contributed by atoms with Crippen LogP contribution >= 0.6 is 11.8 Å². The van der Waals surface area contributed by atoms with Crippen LogP contribution in [-0.4, -0.2) is 27.8 Å². The molecule has 162 valence electrons. The van der Waals surface area contributed by atoms with Crippen molar-refractivity contribution in [2.45, 2.75) is 44.6 Å². The fraction of sp³-hybridized carbons (Fsp3) is 0.304. The van der Waals surface area contributed by atoms with Gasteiger partial charge in [0, 0.05) is 16.0 Å². The van der Waals surface area contributed by atoms with Crippen molar-refractivity contribution in [1.29, 1.82) is 0 Å². The first-order chi connectivity index (χ1) is 14.7. The maximum Gasteiger partial charge on any atom is 0.339 e. The maximum absolute atomic E-state index is 12.6. The first kappa shape index (κ1) is 22.6. The quantitative estimate of drug-likeness (QED) is 0.419. The van der Waals surface area contributed by atoms with E-state index in [9.17, 15) is 9.59 Å². The van der Waals surface area contributed by atoms with Gasteiger partial charge in [-0.25, -0.2) is 4.79 Å². The Kier molecular flexibility index (Phi) is 7.12. The van der Waals surface area contributed by atoms with Crippen LogP contribution in [-0.2, 0) is 21.6 Å². The molecule has 0 radical (unpaired) electrons. The van der Waals surface area contributed by atoms with E-state index >= 15 is 0 Å². The summed E-state index contributed by atoms with van der Waals surface area (Å²) in [6, 6.07) is 14.6. The predicted octanol–water partition coefficient (Wildman–Crippen LogP) is 4.76. The number of carbonyl (C=O) groups excluding carboxylic acids is 2. The van der Waals surface area contributed by atoms with E-state index < -0.39 is 5.97 Å². The van der Waals surface area contributed by atoms with Crippen LogP contribution in [0.4, 0.5) is 5.69 Å². The molecule has 3 rings (SSSR count). The summed E-state index contributed by atoms with van der Waals surface area (Å²) in [4.78, 5) is 29.8. The first-order valence-electron chi connectivity index (χ1n) is 9.81. The molecule has 0 aliphatic heterocycles. The van der Waals surface area contributed by atoms with Crippen LogP contribution in [0.2, 0.25) is 0 Å². The third kappa shape index (κ3) is 6.42. The van der Waals surface area contributed by atoms with Crippen LogP contribution in [0.5, 0.6) is 0 Å². The number of rotatable bonds is 7. The zero-order valence-electron chi connectivity index (χ0n) is 18.0. The highest BCUT2D eigenvalue weighted by molar-refractivity contribution is 8.00. The molecule has 0 saturated heterocycles. The van der Waals surface area contributed by atoms with Crippen LogP contribution in [0.1, 0.15) is 48.4 Å².